The van der Waals surface area contributed by atoms with Gasteiger partial charge in [0, 0.05) is 25.0 Å². The van der Waals surface area contributed by atoms with Crippen LogP contribution in [0.4, 0.5) is 10.5 Å². The number of nitrogens with one attached hydrogen (secondary N) is 2. The van der Waals surface area contributed by atoms with Gasteiger partial charge in [-0.1, -0.05) is 18.2 Å². The summed E-state index contributed by atoms with van der Waals surface area (Å²) in [6.45, 7) is 1.77. The molecule has 2 N–H and O–H groups in total. The molecule has 3 heterocycles. The molecule has 3 aromatic rings. The molecule has 1 fully saturated rings. The van der Waals surface area contributed by atoms with E-state index in [4.69, 9.17) is 0 Å². The van der Waals surface area contributed by atoms with Crippen LogP contribution in [0.3, 0.4) is 0 Å². The number of nitrogens with zero attached hydrogens (tertiary/aromatic N) is 4. The minimum Gasteiger partial charge on any atom is -0.341 e. The number of rotatable bonds is 5. The Morgan fingerprint density at radius 1 is 1.07 bits per heavy atom. The van der Waals surface area contributed by atoms with Crippen LogP contribution in [0.25, 0.3) is 5.65 Å². The van der Waals surface area contributed by atoms with Crippen LogP contribution < -0.4 is 16.3 Å². The molecule has 0 bridgehead atoms. The first kappa shape index (κ1) is 18.7. The molecule has 4 rings (SSSR count). The monoisotopic (exact) mass is 394 g/mol. The van der Waals surface area contributed by atoms with E-state index >= 15 is 0 Å². The summed E-state index contributed by atoms with van der Waals surface area (Å²) in [7, 11) is 0. The molecule has 1 aliphatic rings. The number of carbonyl (C=O) groups excluding carboxylic acids is 2. The van der Waals surface area contributed by atoms with Crippen LogP contribution >= 0.6 is 0 Å². The quantitative estimate of drug-likeness (QED) is 0.681. The predicted molar refractivity (Wildman–Crippen MR) is 108 cm³/mol. The summed E-state index contributed by atoms with van der Waals surface area (Å²) in [5.41, 5.74) is 1.75. The summed E-state index contributed by atoms with van der Waals surface area (Å²) in [6.07, 6.45) is 3.70. The van der Waals surface area contributed by atoms with Crippen molar-refractivity contribution in [2.45, 2.75) is 19.4 Å². The van der Waals surface area contributed by atoms with E-state index < -0.39 is 6.03 Å². The van der Waals surface area contributed by atoms with Crippen LogP contribution in [0.5, 0.6) is 0 Å². The zero-order chi connectivity index (χ0) is 20.2. The second-order valence-electron chi connectivity index (χ2n) is 6.97. The summed E-state index contributed by atoms with van der Waals surface area (Å²) >= 11 is 0. The van der Waals surface area contributed by atoms with Gasteiger partial charge in [0.2, 0.25) is 5.91 Å². The molecule has 3 amide bonds. The third kappa shape index (κ3) is 4.29. The molecule has 0 atom stereocenters. The van der Waals surface area contributed by atoms with E-state index in [2.05, 4.69) is 15.7 Å². The molecule has 0 unspecified atom stereocenters. The summed E-state index contributed by atoms with van der Waals surface area (Å²) in [5, 5.41) is 9.62. The number of hydrogen-bond acceptors (Lipinski definition) is 4. The molecular weight excluding hydrogens is 372 g/mol. The molecule has 1 aromatic carbocycles. The van der Waals surface area contributed by atoms with E-state index in [1.807, 2.05) is 12.1 Å². The maximum atomic E-state index is 12.4. The topological polar surface area (TPSA) is 101 Å². The fraction of sp³-hybridized carbons (Fsp3) is 0.300. The standard InChI is InChI=1S/C20H22N6O3/c27-18(24-9-3-4-10-24)13-21-19(28)22-16-7-5-6-15(12-16)14-26-20(29)25-11-2-1-8-17(25)23-26/h1-2,5-8,11-12H,3-4,9-10,13-14H2,(H2,21,22,28). The largest absolute Gasteiger partial charge is 0.350 e. The van der Waals surface area contributed by atoms with Gasteiger partial charge in [0.05, 0.1) is 13.1 Å². The number of aromatic nitrogens is 3. The lowest BCUT2D eigenvalue weighted by Crippen LogP contribution is -2.40. The zero-order valence-electron chi connectivity index (χ0n) is 15.9. The average molecular weight is 394 g/mol. The van der Waals surface area contributed by atoms with Crippen molar-refractivity contribution < 1.29 is 9.59 Å². The van der Waals surface area contributed by atoms with E-state index in [1.165, 1.54) is 9.08 Å². The fourth-order valence-electron chi connectivity index (χ4n) is 3.40. The number of likely N-dealkylation sites (tertiary alicyclic amines) is 1. The second kappa shape index (κ2) is 8.17. The molecule has 9 heteroatoms. The van der Waals surface area contributed by atoms with Crippen LogP contribution in [0.15, 0.2) is 53.5 Å². The highest BCUT2D eigenvalue weighted by molar-refractivity contribution is 5.92. The SMILES string of the molecule is O=C(NCC(=O)N1CCCC1)Nc1cccc(Cn2nc3ccccn3c2=O)c1. The van der Waals surface area contributed by atoms with Gasteiger partial charge in [0.25, 0.3) is 0 Å². The van der Waals surface area contributed by atoms with Crippen LogP contribution in [0.2, 0.25) is 0 Å². The van der Waals surface area contributed by atoms with Crippen LogP contribution in [0.1, 0.15) is 18.4 Å². The van der Waals surface area contributed by atoms with E-state index in [1.54, 1.807) is 41.4 Å². The Morgan fingerprint density at radius 2 is 1.90 bits per heavy atom. The summed E-state index contributed by atoms with van der Waals surface area (Å²) < 4.78 is 2.86. The van der Waals surface area contributed by atoms with Gasteiger partial charge < -0.3 is 15.5 Å². The number of anilines is 1. The Hall–Kier alpha value is -3.62. The first-order valence-corrected chi connectivity index (χ1v) is 9.56. The molecule has 29 heavy (non-hydrogen) atoms. The van der Waals surface area contributed by atoms with Gasteiger partial charge in [0.15, 0.2) is 5.65 Å². The van der Waals surface area contributed by atoms with Crippen molar-refractivity contribution in [3.63, 3.8) is 0 Å². The van der Waals surface area contributed by atoms with Gasteiger partial charge in [-0.3, -0.25) is 9.20 Å². The highest BCUT2D eigenvalue weighted by Gasteiger charge is 2.18. The molecule has 0 saturated carbocycles. The summed E-state index contributed by atoms with van der Waals surface area (Å²) in [4.78, 5) is 38.3. The van der Waals surface area contributed by atoms with E-state index in [0.717, 1.165) is 31.5 Å². The van der Waals surface area contributed by atoms with Crippen molar-refractivity contribution in [2.75, 3.05) is 25.0 Å². The molecule has 1 aliphatic heterocycles. The number of carbonyl (C=O) groups is 2. The van der Waals surface area contributed by atoms with Crippen LogP contribution in [-0.2, 0) is 11.3 Å². The van der Waals surface area contributed by atoms with E-state index in [-0.39, 0.29) is 24.7 Å². The highest BCUT2D eigenvalue weighted by Crippen LogP contribution is 2.12. The number of hydrogen-bond donors (Lipinski definition) is 2. The number of benzene rings is 1. The molecule has 1 saturated heterocycles. The Kier molecular flexibility index (Phi) is 5.28. The highest BCUT2D eigenvalue weighted by atomic mass is 16.2. The third-order valence-corrected chi connectivity index (χ3v) is 4.86. The van der Waals surface area contributed by atoms with Gasteiger partial charge in [-0.25, -0.2) is 14.3 Å². The van der Waals surface area contributed by atoms with Crippen molar-refractivity contribution in [3.8, 4) is 0 Å². The predicted octanol–water partition coefficient (Wildman–Crippen LogP) is 1.29. The number of fused-ring (bicyclic) bond motifs is 1. The van der Waals surface area contributed by atoms with Crippen molar-refractivity contribution in [1.29, 1.82) is 0 Å². The molecule has 2 aromatic heterocycles. The Labute approximate surface area is 166 Å². The van der Waals surface area contributed by atoms with Gasteiger partial charge in [-0.05, 0) is 42.7 Å². The maximum Gasteiger partial charge on any atom is 0.350 e. The van der Waals surface area contributed by atoms with Gasteiger partial charge in [-0.2, -0.15) is 0 Å². The fourth-order valence-corrected chi connectivity index (χ4v) is 3.40. The first-order valence-electron chi connectivity index (χ1n) is 9.56. The Bertz CT molecular complexity index is 1100. The first-order chi connectivity index (χ1) is 14.1. The molecular formula is C20H22N6O3. The van der Waals surface area contributed by atoms with E-state index in [0.29, 0.717) is 11.3 Å². The number of pyridine rings is 1. The zero-order valence-corrected chi connectivity index (χ0v) is 15.9. The summed E-state index contributed by atoms with van der Waals surface area (Å²) in [6, 6.07) is 12.1. The lowest BCUT2D eigenvalue weighted by molar-refractivity contribution is -0.128. The second-order valence-corrected chi connectivity index (χ2v) is 6.97. The third-order valence-electron chi connectivity index (χ3n) is 4.86. The smallest absolute Gasteiger partial charge is 0.341 e. The minimum atomic E-state index is -0.445. The van der Waals surface area contributed by atoms with Gasteiger partial charge in [0.1, 0.15) is 0 Å². The average Bonchev–Trinajstić information content (AvgIpc) is 3.36. The summed E-state index contributed by atoms with van der Waals surface area (Å²) in [5.74, 6) is -0.0716. The van der Waals surface area contributed by atoms with Crippen molar-refractivity contribution in [3.05, 3.63) is 64.7 Å². The van der Waals surface area contributed by atoms with Crippen molar-refractivity contribution >= 4 is 23.3 Å². The molecule has 150 valence electrons. The number of urea groups is 1. The van der Waals surface area contributed by atoms with Crippen LogP contribution in [0, 0.1) is 0 Å². The lowest BCUT2D eigenvalue weighted by atomic mass is 10.2. The van der Waals surface area contributed by atoms with Crippen LogP contribution in [-0.4, -0.2) is 50.7 Å². The Morgan fingerprint density at radius 3 is 2.69 bits per heavy atom. The molecule has 0 spiro atoms. The van der Waals surface area contributed by atoms with Gasteiger partial charge >= 0.3 is 11.7 Å². The van der Waals surface area contributed by atoms with Gasteiger partial charge in [-0.15, -0.1) is 5.10 Å². The number of amides is 3. The molecule has 0 aliphatic carbocycles. The van der Waals surface area contributed by atoms with Crippen molar-refractivity contribution in [1.82, 2.24) is 24.4 Å². The molecule has 0 radical (unpaired) electrons. The maximum absolute atomic E-state index is 12.4. The van der Waals surface area contributed by atoms with E-state index in [9.17, 15) is 14.4 Å². The minimum absolute atomic E-state index is 0.0256. The molecule has 9 nitrogen and oxygen atoms in total. The van der Waals surface area contributed by atoms with Crippen molar-refractivity contribution in [2.24, 2.45) is 0 Å². The lowest BCUT2D eigenvalue weighted by Gasteiger charge is -2.15. The Balaban J connectivity index is 1.38. The normalized spacial score (nSPS) is 13.6.